The van der Waals surface area contributed by atoms with Crippen molar-refractivity contribution in [1.29, 1.82) is 0 Å². The van der Waals surface area contributed by atoms with Crippen LogP contribution in [0.3, 0.4) is 0 Å². The second-order valence-electron chi connectivity index (χ2n) is 8.69. The second-order valence-corrected chi connectivity index (χ2v) is 8.69. The number of fused-ring (bicyclic) bond motifs is 2. The quantitative estimate of drug-likeness (QED) is 0.437. The molecule has 7 heteroatoms. The molecular weight excluding hydrogens is 398 g/mol. The van der Waals surface area contributed by atoms with E-state index >= 15 is 0 Å². The number of imidazole rings is 1. The van der Waals surface area contributed by atoms with Crippen LogP contribution in [0.5, 0.6) is 0 Å². The highest BCUT2D eigenvalue weighted by Crippen LogP contribution is 2.25. The zero-order chi connectivity index (χ0) is 21.5. The summed E-state index contributed by atoms with van der Waals surface area (Å²) in [7, 11) is 2.18. The lowest BCUT2D eigenvalue weighted by Gasteiger charge is -2.28. The Labute approximate surface area is 186 Å². The molecule has 0 bridgehead atoms. The molecule has 1 aliphatic heterocycles. The van der Waals surface area contributed by atoms with Gasteiger partial charge in [0.15, 0.2) is 5.65 Å². The van der Waals surface area contributed by atoms with Gasteiger partial charge in [0.1, 0.15) is 0 Å². The van der Waals surface area contributed by atoms with Crippen molar-refractivity contribution in [3.63, 3.8) is 0 Å². The predicted molar refractivity (Wildman–Crippen MR) is 125 cm³/mol. The summed E-state index contributed by atoms with van der Waals surface area (Å²) in [5, 5.41) is 10.7. The molecule has 5 aromatic rings. The largest absolute Gasteiger partial charge is 0.306 e. The summed E-state index contributed by atoms with van der Waals surface area (Å²) in [6, 6.07) is 15.0. The van der Waals surface area contributed by atoms with E-state index in [1.807, 2.05) is 41.3 Å². The zero-order valence-electron chi connectivity index (χ0n) is 18.1. The Bertz CT molecular complexity index is 1390. The first-order valence-electron chi connectivity index (χ1n) is 11.1. The van der Waals surface area contributed by atoms with E-state index in [2.05, 4.69) is 62.2 Å². The number of rotatable bonds is 4. The van der Waals surface area contributed by atoms with Gasteiger partial charge in [-0.05, 0) is 68.9 Å². The summed E-state index contributed by atoms with van der Waals surface area (Å²) in [5.41, 5.74) is 6.11. The number of nitrogens with zero attached hydrogens (tertiary/aromatic N) is 7. The molecule has 0 N–H and O–H groups in total. The van der Waals surface area contributed by atoms with Gasteiger partial charge in [-0.3, -0.25) is 9.67 Å². The Balaban J connectivity index is 1.29. The number of pyridine rings is 1. The van der Waals surface area contributed by atoms with Crippen LogP contribution in [-0.4, -0.2) is 54.4 Å². The van der Waals surface area contributed by atoms with E-state index in [1.54, 1.807) is 0 Å². The molecule has 1 fully saturated rings. The van der Waals surface area contributed by atoms with Crippen LogP contribution in [0.15, 0.2) is 67.3 Å². The monoisotopic (exact) mass is 423 g/mol. The van der Waals surface area contributed by atoms with Gasteiger partial charge in [0.05, 0.1) is 35.3 Å². The highest BCUT2D eigenvalue weighted by atomic mass is 15.3. The van der Waals surface area contributed by atoms with E-state index in [4.69, 9.17) is 5.10 Å². The third-order valence-electron chi connectivity index (χ3n) is 6.45. The molecule has 6 rings (SSSR count). The SMILES string of the molecule is CN1CCC(n2cc(-c3ccc4ncc(Cc5ccc6ncccc6c5)n4n3)cn2)CC1. The molecule has 1 aliphatic rings. The molecule has 32 heavy (non-hydrogen) atoms. The van der Waals surface area contributed by atoms with Crippen molar-refractivity contribution in [3.8, 4) is 11.3 Å². The first kappa shape index (κ1) is 19.1. The fourth-order valence-electron chi connectivity index (χ4n) is 4.57. The topological polar surface area (TPSA) is 64.1 Å². The molecule has 0 saturated carbocycles. The molecule has 5 heterocycles. The number of hydrogen-bond acceptors (Lipinski definition) is 5. The number of aromatic nitrogens is 6. The second kappa shape index (κ2) is 7.84. The molecule has 0 amide bonds. The minimum Gasteiger partial charge on any atom is -0.306 e. The third-order valence-corrected chi connectivity index (χ3v) is 6.45. The number of hydrogen-bond donors (Lipinski definition) is 0. The maximum Gasteiger partial charge on any atom is 0.153 e. The molecule has 160 valence electrons. The molecule has 0 spiro atoms. The fourth-order valence-corrected chi connectivity index (χ4v) is 4.57. The molecule has 7 nitrogen and oxygen atoms in total. The summed E-state index contributed by atoms with van der Waals surface area (Å²) < 4.78 is 4.07. The van der Waals surface area contributed by atoms with Crippen molar-refractivity contribution >= 4 is 16.6 Å². The Morgan fingerprint density at radius 3 is 2.81 bits per heavy atom. The van der Waals surface area contributed by atoms with Gasteiger partial charge in [0.2, 0.25) is 0 Å². The Hall–Kier alpha value is -3.58. The third kappa shape index (κ3) is 3.54. The van der Waals surface area contributed by atoms with Crippen LogP contribution in [0, 0.1) is 0 Å². The van der Waals surface area contributed by atoms with E-state index in [0.29, 0.717) is 6.04 Å². The Morgan fingerprint density at radius 1 is 1.00 bits per heavy atom. The first-order chi connectivity index (χ1) is 15.7. The van der Waals surface area contributed by atoms with Gasteiger partial charge in [-0.2, -0.15) is 10.2 Å². The smallest absolute Gasteiger partial charge is 0.153 e. The summed E-state index contributed by atoms with van der Waals surface area (Å²) in [5.74, 6) is 0. The van der Waals surface area contributed by atoms with Crippen molar-refractivity contribution in [2.45, 2.75) is 25.3 Å². The van der Waals surface area contributed by atoms with Gasteiger partial charge in [0, 0.05) is 29.8 Å². The van der Waals surface area contributed by atoms with E-state index in [-0.39, 0.29) is 0 Å². The van der Waals surface area contributed by atoms with Crippen LogP contribution in [0.1, 0.15) is 30.1 Å². The van der Waals surface area contributed by atoms with Crippen molar-refractivity contribution in [1.82, 2.24) is 34.3 Å². The maximum absolute atomic E-state index is 4.91. The standard InChI is InChI=1S/C25H25N7/c1-30-11-8-21(9-12-30)31-17-20(15-28-31)24-6-7-25-27-16-22(32(25)29-24)14-18-4-5-23-19(13-18)3-2-10-26-23/h2-7,10,13,15-17,21H,8-9,11-12,14H2,1H3. The number of likely N-dealkylation sites (tertiary alicyclic amines) is 1. The average Bonchev–Trinajstić information content (AvgIpc) is 3.47. The van der Waals surface area contributed by atoms with Gasteiger partial charge in [-0.15, -0.1) is 0 Å². The molecule has 4 aromatic heterocycles. The lowest BCUT2D eigenvalue weighted by atomic mass is 10.1. The van der Waals surface area contributed by atoms with Gasteiger partial charge >= 0.3 is 0 Å². The van der Waals surface area contributed by atoms with Crippen LogP contribution in [0.4, 0.5) is 0 Å². The molecule has 0 unspecified atom stereocenters. The van der Waals surface area contributed by atoms with Crippen LogP contribution in [-0.2, 0) is 6.42 Å². The van der Waals surface area contributed by atoms with E-state index in [9.17, 15) is 0 Å². The van der Waals surface area contributed by atoms with Crippen LogP contribution in [0.25, 0.3) is 27.8 Å². The Kier molecular flexibility index (Phi) is 4.69. The average molecular weight is 424 g/mol. The Morgan fingerprint density at radius 2 is 1.91 bits per heavy atom. The van der Waals surface area contributed by atoms with Crippen molar-refractivity contribution in [3.05, 3.63) is 78.5 Å². The van der Waals surface area contributed by atoms with E-state index in [1.165, 1.54) is 5.56 Å². The van der Waals surface area contributed by atoms with Gasteiger partial charge in [-0.1, -0.05) is 12.1 Å². The van der Waals surface area contributed by atoms with Gasteiger partial charge in [-0.25, -0.2) is 9.50 Å². The van der Waals surface area contributed by atoms with E-state index < -0.39 is 0 Å². The van der Waals surface area contributed by atoms with Crippen LogP contribution in [0.2, 0.25) is 0 Å². The minimum absolute atomic E-state index is 0.467. The molecule has 1 saturated heterocycles. The predicted octanol–water partition coefficient (Wildman–Crippen LogP) is 4.00. The number of benzene rings is 1. The minimum atomic E-state index is 0.467. The van der Waals surface area contributed by atoms with Crippen LogP contribution < -0.4 is 0 Å². The van der Waals surface area contributed by atoms with Crippen molar-refractivity contribution < 1.29 is 0 Å². The molecular formula is C25H25N7. The van der Waals surface area contributed by atoms with Crippen molar-refractivity contribution in [2.24, 2.45) is 0 Å². The first-order valence-corrected chi connectivity index (χ1v) is 11.1. The lowest BCUT2D eigenvalue weighted by molar-refractivity contribution is 0.212. The van der Waals surface area contributed by atoms with Gasteiger partial charge < -0.3 is 4.90 Å². The zero-order valence-corrected chi connectivity index (χ0v) is 18.1. The summed E-state index contributed by atoms with van der Waals surface area (Å²) >= 11 is 0. The van der Waals surface area contributed by atoms with Gasteiger partial charge in [0.25, 0.3) is 0 Å². The lowest BCUT2D eigenvalue weighted by Crippen LogP contribution is -2.31. The summed E-state index contributed by atoms with van der Waals surface area (Å²) in [6.07, 6.45) is 10.8. The molecule has 1 aromatic carbocycles. The highest BCUT2D eigenvalue weighted by molar-refractivity contribution is 5.79. The molecule has 0 atom stereocenters. The maximum atomic E-state index is 4.91. The summed E-state index contributed by atoms with van der Waals surface area (Å²) in [4.78, 5) is 11.4. The van der Waals surface area contributed by atoms with Crippen molar-refractivity contribution in [2.75, 3.05) is 20.1 Å². The molecule has 0 aliphatic carbocycles. The van der Waals surface area contributed by atoms with Crippen LogP contribution >= 0.6 is 0 Å². The summed E-state index contributed by atoms with van der Waals surface area (Å²) in [6.45, 7) is 2.24. The highest BCUT2D eigenvalue weighted by Gasteiger charge is 2.19. The normalized spacial score (nSPS) is 15.7. The fraction of sp³-hybridized carbons (Fsp3) is 0.280. The molecule has 0 radical (unpaired) electrons. The van der Waals surface area contributed by atoms with E-state index in [0.717, 1.165) is 65.9 Å². The number of piperidine rings is 1.